The molecule has 3 atom stereocenters. The summed E-state index contributed by atoms with van der Waals surface area (Å²) in [6.45, 7) is 4.14. The summed E-state index contributed by atoms with van der Waals surface area (Å²) in [5, 5.41) is 8.93. The van der Waals surface area contributed by atoms with E-state index in [-0.39, 0.29) is 24.6 Å². The third-order valence-electron chi connectivity index (χ3n) is 4.50. The Morgan fingerprint density at radius 1 is 1.30 bits per heavy atom. The zero-order valence-electron chi connectivity index (χ0n) is 12.2. The van der Waals surface area contributed by atoms with Crippen LogP contribution in [-0.2, 0) is 9.53 Å². The lowest BCUT2D eigenvalue weighted by Gasteiger charge is -2.39. The number of carbonyl (C=O) groups is 2. The molecule has 2 saturated heterocycles. The van der Waals surface area contributed by atoms with E-state index < -0.39 is 5.97 Å². The van der Waals surface area contributed by atoms with Crippen LogP contribution >= 0.6 is 0 Å². The van der Waals surface area contributed by atoms with Crippen molar-refractivity contribution >= 4 is 12.0 Å². The second-order valence-electron chi connectivity index (χ2n) is 5.86. The van der Waals surface area contributed by atoms with E-state index in [9.17, 15) is 9.59 Å². The first kappa shape index (κ1) is 15.1. The second kappa shape index (κ2) is 6.43. The number of ether oxygens (including phenoxy) is 1. The first-order valence-corrected chi connectivity index (χ1v) is 7.33. The molecule has 114 valence electrons. The number of piperidine rings is 1. The van der Waals surface area contributed by atoms with Crippen LogP contribution < -0.4 is 0 Å². The molecule has 0 spiro atoms. The van der Waals surface area contributed by atoms with Crippen molar-refractivity contribution in [1.29, 1.82) is 0 Å². The Morgan fingerprint density at radius 3 is 2.70 bits per heavy atom. The second-order valence-corrected chi connectivity index (χ2v) is 5.86. The molecule has 0 bridgehead atoms. The van der Waals surface area contributed by atoms with Crippen molar-refractivity contribution in [2.24, 2.45) is 5.92 Å². The number of urea groups is 1. The topological polar surface area (TPSA) is 70.1 Å². The average Bonchev–Trinajstić information content (AvgIpc) is 2.85. The van der Waals surface area contributed by atoms with Gasteiger partial charge in [-0.15, -0.1) is 0 Å². The minimum atomic E-state index is -0.836. The molecule has 0 aliphatic carbocycles. The van der Waals surface area contributed by atoms with E-state index in [1.54, 1.807) is 12.0 Å². The van der Waals surface area contributed by atoms with Crippen molar-refractivity contribution in [2.75, 3.05) is 26.7 Å². The normalized spacial score (nSPS) is 30.6. The first-order chi connectivity index (χ1) is 9.52. The largest absolute Gasteiger partial charge is 0.481 e. The Morgan fingerprint density at radius 2 is 2.05 bits per heavy atom. The Hall–Kier alpha value is -1.30. The minimum absolute atomic E-state index is 0.0253. The van der Waals surface area contributed by atoms with Crippen LogP contribution in [0.5, 0.6) is 0 Å². The quantitative estimate of drug-likeness (QED) is 0.850. The zero-order valence-corrected chi connectivity index (χ0v) is 12.2. The van der Waals surface area contributed by atoms with Crippen molar-refractivity contribution in [2.45, 2.75) is 44.8 Å². The first-order valence-electron chi connectivity index (χ1n) is 7.33. The lowest BCUT2D eigenvalue weighted by atomic mass is 9.96. The number of methoxy groups -OCH3 is 1. The molecule has 3 unspecified atom stereocenters. The van der Waals surface area contributed by atoms with Crippen LogP contribution in [0.1, 0.15) is 32.6 Å². The van der Waals surface area contributed by atoms with Gasteiger partial charge in [0, 0.05) is 32.8 Å². The molecule has 0 saturated carbocycles. The third kappa shape index (κ3) is 3.23. The molecule has 0 radical (unpaired) electrons. The van der Waals surface area contributed by atoms with Gasteiger partial charge < -0.3 is 19.6 Å². The lowest BCUT2D eigenvalue weighted by molar-refractivity contribution is -0.138. The summed E-state index contributed by atoms with van der Waals surface area (Å²) < 4.78 is 5.43. The number of hydrogen-bond donors (Lipinski definition) is 1. The summed E-state index contributed by atoms with van der Waals surface area (Å²) in [4.78, 5) is 27.0. The number of likely N-dealkylation sites (tertiary alicyclic amines) is 2. The number of carbonyl (C=O) groups excluding carboxylic acids is 1. The van der Waals surface area contributed by atoms with Gasteiger partial charge in [-0.05, 0) is 25.2 Å². The van der Waals surface area contributed by atoms with Crippen LogP contribution in [-0.4, -0.2) is 65.8 Å². The third-order valence-corrected chi connectivity index (χ3v) is 4.50. The van der Waals surface area contributed by atoms with Gasteiger partial charge >= 0.3 is 12.0 Å². The predicted molar refractivity (Wildman–Crippen MR) is 73.5 cm³/mol. The van der Waals surface area contributed by atoms with Crippen LogP contribution in [0.2, 0.25) is 0 Å². The van der Waals surface area contributed by atoms with Gasteiger partial charge in [-0.25, -0.2) is 4.79 Å². The molecule has 0 aromatic heterocycles. The molecule has 0 aromatic rings. The van der Waals surface area contributed by atoms with Crippen molar-refractivity contribution in [3.63, 3.8) is 0 Å². The van der Waals surface area contributed by atoms with E-state index >= 15 is 0 Å². The SMILES string of the molecule is COC1CN(C(=O)N2CCCC2CC(=O)O)CCC1C. The summed E-state index contributed by atoms with van der Waals surface area (Å²) in [6, 6.07) is -0.178. The Labute approximate surface area is 119 Å². The predicted octanol–water partition coefficient (Wildman–Crippen LogP) is 1.40. The molecule has 2 aliphatic heterocycles. The average molecular weight is 284 g/mol. The highest BCUT2D eigenvalue weighted by Crippen LogP contribution is 2.25. The molecule has 6 nitrogen and oxygen atoms in total. The molecule has 6 heteroatoms. The van der Waals surface area contributed by atoms with E-state index in [0.717, 1.165) is 25.8 Å². The fourth-order valence-electron chi connectivity index (χ4n) is 3.20. The maximum atomic E-state index is 12.6. The Kier molecular flexibility index (Phi) is 4.86. The Balaban J connectivity index is 1.98. The number of carboxylic acid groups (broad SMARTS) is 1. The molecule has 2 amide bonds. The number of aliphatic carboxylic acids is 1. The molecule has 2 heterocycles. The van der Waals surface area contributed by atoms with Crippen molar-refractivity contribution in [3.8, 4) is 0 Å². The number of nitrogens with zero attached hydrogens (tertiary/aromatic N) is 2. The minimum Gasteiger partial charge on any atom is -0.481 e. The summed E-state index contributed by atoms with van der Waals surface area (Å²) in [6.07, 6.45) is 2.73. The van der Waals surface area contributed by atoms with Crippen LogP contribution in [0.3, 0.4) is 0 Å². The van der Waals surface area contributed by atoms with E-state index in [1.807, 2.05) is 4.90 Å². The standard InChI is InChI=1S/C14H24N2O4/c1-10-5-7-15(9-12(10)20-2)14(19)16-6-3-4-11(16)8-13(17)18/h10-12H,3-9H2,1-2H3,(H,17,18). The molecule has 2 fully saturated rings. The van der Waals surface area contributed by atoms with Crippen LogP contribution in [0.15, 0.2) is 0 Å². The van der Waals surface area contributed by atoms with Gasteiger partial charge in [-0.2, -0.15) is 0 Å². The van der Waals surface area contributed by atoms with Gasteiger partial charge in [0.2, 0.25) is 0 Å². The van der Waals surface area contributed by atoms with E-state index in [4.69, 9.17) is 9.84 Å². The van der Waals surface area contributed by atoms with Gasteiger partial charge in [0.1, 0.15) is 0 Å². The monoisotopic (exact) mass is 284 g/mol. The summed E-state index contributed by atoms with van der Waals surface area (Å²) in [5.74, 6) is -0.380. The van der Waals surface area contributed by atoms with Crippen molar-refractivity contribution in [1.82, 2.24) is 9.80 Å². The molecule has 20 heavy (non-hydrogen) atoms. The van der Waals surface area contributed by atoms with Gasteiger partial charge in [0.25, 0.3) is 0 Å². The fraction of sp³-hybridized carbons (Fsp3) is 0.857. The summed E-state index contributed by atoms with van der Waals surface area (Å²) in [5.41, 5.74) is 0. The van der Waals surface area contributed by atoms with Gasteiger partial charge in [-0.3, -0.25) is 4.79 Å². The highest BCUT2D eigenvalue weighted by Gasteiger charge is 2.36. The molecular formula is C14H24N2O4. The van der Waals surface area contributed by atoms with E-state index in [2.05, 4.69) is 6.92 Å². The smallest absolute Gasteiger partial charge is 0.320 e. The maximum Gasteiger partial charge on any atom is 0.320 e. The number of amides is 2. The molecule has 1 N–H and O–H groups in total. The van der Waals surface area contributed by atoms with Gasteiger partial charge in [0.05, 0.1) is 12.5 Å². The fourth-order valence-corrected chi connectivity index (χ4v) is 3.20. The van der Waals surface area contributed by atoms with Crippen molar-refractivity contribution < 1.29 is 19.4 Å². The van der Waals surface area contributed by atoms with E-state index in [1.165, 1.54) is 0 Å². The molecule has 2 rings (SSSR count). The molecule has 0 aromatic carbocycles. The van der Waals surface area contributed by atoms with E-state index in [0.29, 0.717) is 19.0 Å². The lowest BCUT2D eigenvalue weighted by Crippen LogP contribution is -2.52. The van der Waals surface area contributed by atoms with Crippen LogP contribution in [0, 0.1) is 5.92 Å². The summed E-state index contributed by atoms with van der Waals surface area (Å²) >= 11 is 0. The maximum absolute atomic E-state index is 12.6. The highest BCUT2D eigenvalue weighted by molar-refractivity contribution is 5.76. The number of hydrogen-bond acceptors (Lipinski definition) is 3. The molecular weight excluding hydrogens is 260 g/mol. The number of carboxylic acids is 1. The molecule has 2 aliphatic rings. The zero-order chi connectivity index (χ0) is 14.7. The van der Waals surface area contributed by atoms with Crippen LogP contribution in [0.25, 0.3) is 0 Å². The summed E-state index contributed by atoms with van der Waals surface area (Å²) in [7, 11) is 1.68. The Bertz CT molecular complexity index is 374. The highest BCUT2D eigenvalue weighted by atomic mass is 16.5. The van der Waals surface area contributed by atoms with Gasteiger partial charge in [-0.1, -0.05) is 6.92 Å². The van der Waals surface area contributed by atoms with Crippen LogP contribution in [0.4, 0.5) is 4.79 Å². The van der Waals surface area contributed by atoms with Gasteiger partial charge in [0.15, 0.2) is 0 Å². The number of rotatable bonds is 3. The van der Waals surface area contributed by atoms with Crippen molar-refractivity contribution in [3.05, 3.63) is 0 Å².